The van der Waals surface area contributed by atoms with Crippen molar-refractivity contribution < 1.29 is 9.53 Å². The lowest BCUT2D eigenvalue weighted by Gasteiger charge is -2.16. The highest BCUT2D eigenvalue weighted by Gasteiger charge is 2.13. The summed E-state index contributed by atoms with van der Waals surface area (Å²) < 4.78 is 5.62. The Labute approximate surface area is 120 Å². The van der Waals surface area contributed by atoms with E-state index < -0.39 is 0 Å². The number of carbonyl (C=O) groups excluding carboxylic acids is 1. The molecule has 20 heavy (non-hydrogen) atoms. The Balaban J connectivity index is 2.57. The molecule has 108 valence electrons. The largest absolute Gasteiger partial charge is 0.475 e. The van der Waals surface area contributed by atoms with Gasteiger partial charge in [-0.3, -0.25) is 4.79 Å². The Morgan fingerprint density at radius 1 is 1.50 bits per heavy atom. The molecule has 1 atom stereocenters. The van der Waals surface area contributed by atoms with Crippen LogP contribution in [0.4, 0.5) is 0 Å². The highest BCUT2D eigenvalue weighted by molar-refractivity contribution is 5.81. The molecule has 0 spiro atoms. The van der Waals surface area contributed by atoms with Crippen molar-refractivity contribution in [3.05, 3.63) is 23.9 Å². The predicted octanol–water partition coefficient (Wildman–Crippen LogP) is 1.10. The molecular weight excluding hydrogens is 254 g/mol. The number of rotatable bonds is 7. The third kappa shape index (κ3) is 5.29. The fourth-order valence-electron chi connectivity index (χ4n) is 1.54. The van der Waals surface area contributed by atoms with Crippen molar-refractivity contribution in [1.82, 2.24) is 15.6 Å². The van der Waals surface area contributed by atoms with Crippen LogP contribution in [-0.4, -0.2) is 29.6 Å². The maximum Gasteiger partial charge on any atom is 0.237 e. The van der Waals surface area contributed by atoms with Crippen molar-refractivity contribution in [2.24, 2.45) is 0 Å². The van der Waals surface area contributed by atoms with Crippen LogP contribution >= 0.6 is 0 Å². The molecule has 1 aromatic heterocycles. The van der Waals surface area contributed by atoms with Gasteiger partial charge in [-0.1, -0.05) is 12.0 Å². The second kappa shape index (κ2) is 8.18. The molecular formula is C15H21N3O2. The van der Waals surface area contributed by atoms with Crippen LogP contribution in [0.25, 0.3) is 0 Å². The second-order valence-corrected chi connectivity index (χ2v) is 4.66. The first-order valence-corrected chi connectivity index (χ1v) is 6.59. The van der Waals surface area contributed by atoms with E-state index in [4.69, 9.17) is 11.2 Å². The van der Waals surface area contributed by atoms with E-state index in [0.717, 1.165) is 5.56 Å². The number of carbonyl (C=O) groups is 1. The molecule has 1 rings (SSSR count). The number of amides is 1. The van der Waals surface area contributed by atoms with Crippen LogP contribution in [0.2, 0.25) is 0 Å². The molecule has 1 unspecified atom stereocenters. The number of nitrogens with zero attached hydrogens (tertiary/aromatic N) is 1. The third-order valence-electron chi connectivity index (χ3n) is 2.55. The van der Waals surface area contributed by atoms with E-state index in [1.165, 1.54) is 0 Å². The fourth-order valence-corrected chi connectivity index (χ4v) is 1.54. The first-order valence-electron chi connectivity index (χ1n) is 6.59. The van der Waals surface area contributed by atoms with Gasteiger partial charge in [0.15, 0.2) is 0 Å². The van der Waals surface area contributed by atoms with Crippen molar-refractivity contribution >= 4 is 5.91 Å². The zero-order chi connectivity index (χ0) is 15.0. The van der Waals surface area contributed by atoms with Crippen molar-refractivity contribution in [3.8, 4) is 18.2 Å². The van der Waals surface area contributed by atoms with Gasteiger partial charge in [-0.05, 0) is 26.8 Å². The van der Waals surface area contributed by atoms with E-state index >= 15 is 0 Å². The predicted molar refractivity (Wildman–Crippen MR) is 78.1 cm³/mol. The Bertz CT molecular complexity index is 480. The van der Waals surface area contributed by atoms with E-state index in [9.17, 15) is 4.79 Å². The Morgan fingerprint density at radius 3 is 2.90 bits per heavy atom. The molecule has 0 bridgehead atoms. The Kier molecular flexibility index (Phi) is 6.54. The first kappa shape index (κ1) is 16.0. The molecule has 5 heteroatoms. The number of ether oxygens (including phenoxy) is 1. The second-order valence-electron chi connectivity index (χ2n) is 4.66. The van der Waals surface area contributed by atoms with Gasteiger partial charge in [-0.15, -0.1) is 6.42 Å². The lowest BCUT2D eigenvalue weighted by Crippen LogP contribution is -2.42. The van der Waals surface area contributed by atoms with Crippen molar-refractivity contribution in [3.63, 3.8) is 0 Å². The molecule has 0 aliphatic carbocycles. The number of aromatic nitrogens is 1. The smallest absolute Gasteiger partial charge is 0.237 e. The summed E-state index contributed by atoms with van der Waals surface area (Å²) in [5.74, 6) is 2.83. The summed E-state index contributed by atoms with van der Waals surface area (Å²) in [7, 11) is 0. The van der Waals surface area contributed by atoms with Gasteiger partial charge in [0.2, 0.25) is 11.8 Å². The van der Waals surface area contributed by atoms with E-state index in [2.05, 4.69) is 21.5 Å². The maximum absolute atomic E-state index is 11.7. The minimum atomic E-state index is -0.338. The monoisotopic (exact) mass is 275 g/mol. The van der Waals surface area contributed by atoms with Crippen LogP contribution in [0.5, 0.6) is 5.88 Å². The number of pyridine rings is 1. The number of hydrogen-bond acceptors (Lipinski definition) is 4. The highest BCUT2D eigenvalue weighted by atomic mass is 16.5. The number of nitrogens with one attached hydrogen (secondary N) is 2. The van der Waals surface area contributed by atoms with Crippen LogP contribution in [-0.2, 0) is 11.3 Å². The normalized spacial score (nSPS) is 11.8. The van der Waals surface area contributed by atoms with Gasteiger partial charge >= 0.3 is 0 Å². The minimum Gasteiger partial charge on any atom is -0.475 e. The summed E-state index contributed by atoms with van der Waals surface area (Å²) in [5, 5.41) is 5.75. The van der Waals surface area contributed by atoms with E-state index in [1.807, 2.05) is 26.0 Å². The molecule has 1 amide bonds. The average molecular weight is 275 g/mol. The van der Waals surface area contributed by atoms with Gasteiger partial charge in [-0.2, -0.15) is 0 Å². The SMILES string of the molecule is C#CCNC(=O)C(C)NCc1cccnc1OC(C)C. The van der Waals surface area contributed by atoms with Gasteiger partial charge in [0.25, 0.3) is 0 Å². The summed E-state index contributed by atoms with van der Waals surface area (Å²) in [5.41, 5.74) is 0.915. The molecule has 1 heterocycles. The first-order chi connectivity index (χ1) is 9.54. The molecule has 0 aliphatic rings. The third-order valence-corrected chi connectivity index (χ3v) is 2.55. The molecule has 0 fully saturated rings. The Hall–Kier alpha value is -2.06. The molecule has 0 aliphatic heterocycles. The van der Waals surface area contributed by atoms with Crippen LogP contribution in [0.15, 0.2) is 18.3 Å². The molecule has 1 aromatic rings. The van der Waals surface area contributed by atoms with Gasteiger partial charge in [0.05, 0.1) is 18.7 Å². The molecule has 5 nitrogen and oxygen atoms in total. The lowest BCUT2D eigenvalue weighted by atomic mass is 10.2. The summed E-state index contributed by atoms with van der Waals surface area (Å²) in [6.45, 7) is 6.41. The average Bonchev–Trinajstić information content (AvgIpc) is 2.42. The summed E-state index contributed by atoms with van der Waals surface area (Å²) in [6, 6.07) is 3.42. The summed E-state index contributed by atoms with van der Waals surface area (Å²) in [4.78, 5) is 15.9. The number of terminal acetylenes is 1. The van der Waals surface area contributed by atoms with E-state index in [1.54, 1.807) is 13.1 Å². The van der Waals surface area contributed by atoms with E-state index in [0.29, 0.717) is 12.4 Å². The van der Waals surface area contributed by atoms with Crippen LogP contribution in [0.3, 0.4) is 0 Å². The minimum absolute atomic E-state index is 0.0556. The van der Waals surface area contributed by atoms with Gasteiger partial charge in [-0.25, -0.2) is 4.98 Å². The topological polar surface area (TPSA) is 63.2 Å². The molecule has 0 saturated heterocycles. The molecule has 2 N–H and O–H groups in total. The van der Waals surface area contributed by atoms with Crippen LogP contribution in [0, 0.1) is 12.3 Å². The van der Waals surface area contributed by atoms with E-state index in [-0.39, 0.29) is 24.6 Å². The maximum atomic E-state index is 11.7. The van der Waals surface area contributed by atoms with Gasteiger partial charge < -0.3 is 15.4 Å². The van der Waals surface area contributed by atoms with Crippen molar-refractivity contribution in [2.75, 3.05) is 6.54 Å². The highest BCUT2D eigenvalue weighted by Crippen LogP contribution is 2.15. The molecule has 0 radical (unpaired) electrons. The summed E-state index contributed by atoms with van der Waals surface area (Å²) in [6.07, 6.45) is 6.84. The zero-order valence-electron chi connectivity index (χ0n) is 12.1. The van der Waals surface area contributed by atoms with Crippen LogP contribution in [0.1, 0.15) is 26.3 Å². The Morgan fingerprint density at radius 2 is 2.25 bits per heavy atom. The van der Waals surface area contributed by atoms with Crippen molar-refractivity contribution in [1.29, 1.82) is 0 Å². The van der Waals surface area contributed by atoms with Gasteiger partial charge in [0, 0.05) is 18.3 Å². The summed E-state index contributed by atoms with van der Waals surface area (Å²) >= 11 is 0. The molecule has 0 saturated carbocycles. The quantitative estimate of drug-likeness (QED) is 0.731. The number of hydrogen-bond donors (Lipinski definition) is 2. The van der Waals surface area contributed by atoms with Crippen LogP contribution < -0.4 is 15.4 Å². The fraction of sp³-hybridized carbons (Fsp3) is 0.467. The molecule has 0 aromatic carbocycles. The zero-order valence-corrected chi connectivity index (χ0v) is 12.1. The van der Waals surface area contributed by atoms with Gasteiger partial charge in [0.1, 0.15) is 0 Å². The standard InChI is InChI=1S/C15H21N3O2/c1-5-8-16-14(19)12(4)18-10-13-7-6-9-17-15(13)20-11(2)3/h1,6-7,9,11-12,18H,8,10H2,2-4H3,(H,16,19). The lowest BCUT2D eigenvalue weighted by molar-refractivity contribution is -0.122. The van der Waals surface area contributed by atoms with Crippen molar-refractivity contribution in [2.45, 2.75) is 39.5 Å².